The number of hydrogen-bond acceptors (Lipinski definition) is 5. The van der Waals surface area contributed by atoms with Gasteiger partial charge in [0.25, 0.3) is 0 Å². The first-order valence-electron chi connectivity index (χ1n) is 10.8. The number of allylic oxidation sites excluding steroid dienone is 3. The van der Waals surface area contributed by atoms with E-state index in [1.165, 1.54) is 0 Å². The zero-order valence-electron chi connectivity index (χ0n) is 19.9. The molecule has 1 heterocycles. The Labute approximate surface area is 185 Å². The molecule has 0 unspecified atom stereocenters. The number of ether oxygens (including phenoxy) is 1. The molecule has 5 heteroatoms. The van der Waals surface area contributed by atoms with Crippen LogP contribution in [0.1, 0.15) is 90.8 Å². The molecule has 0 bridgehead atoms. The molecule has 0 saturated carbocycles. The number of carbonyl (C=O) groups excluding carboxylic acids is 1. The SMILES string of the molecule is CC1(C)CC(=O)C2=C(C1)OC(N)=C(C#N)[C@@H]2c1cc(C(C)(C)C)c(O)c(C(C)(C)C)c1. The number of benzene rings is 1. The predicted octanol–water partition coefficient (Wildman–Crippen LogP) is 5.44. The van der Waals surface area contributed by atoms with Gasteiger partial charge in [-0.2, -0.15) is 5.26 Å². The molecule has 1 atom stereocenters. The average molecular weight is 423 g/mol. The number of phenolic OH excluding ortho intramolecular Hbond substituents is 1. The van der Waals surface area contributed by atoms with Crippen molar-refractivity contribution in [2.75, 3.05) is 0 Å². The van der Waals surface area contributed by atoms with Crippen LogP contribution in [0.4, 0.5) is 0 Å². The quantitative estimate of drug-likeness (QED) is 0.628. The summed E-state index contributed by atoms with van der Waals surface area (Å²) in [5.41, 5.74) is 8.41. The van der Waals surface area contributed by atoms with Crippen molar-refractivity contribution in [3.8, 4) is 11.8 Å². The summed E-state index contributed by atoms with van der Waals surface area (Å²) in [6, 6.07) is 6.03. The lowest BCUT2D eigenvalue weighted by atomic mass is 9.69. The van der Waals surface area contributed by atoms with Crippen LogP contribution in [-0.2, 0) is 20.4 Å². The lowest BCUT2D eigenvalue weighted by Crippen LogP contribution is -2.33. The van der Waals surface area contributed by atoms with Gasteiger partial charge in [-0.25, -0.2) is 0 Å². The predicted molar refractivity (Wildman–Crippen MR) is 121 cm³/mol. The summed E-state index contributed by atoms with van der Waals surface area (Å²) >= 11 is 0. The number of nitriles is 1. The standard InChI is InChI=1S/C26H34N2O3/c1-24(2,3)16-9-14(10-17(22(16)30)25(4,5)6)20-15(13-27)23(28)31-19-12-26(7,8)11-18(29)21(19)20/h9-10,20,30H,11-12,28H2,1-8H3/t20-/m0/s1. The summed E-state index contributed by atoms with van der Waals surface area (Å²) in [7, 11) is 0. The van der Waals surface area contributed by atoms with Crippen molar-refractivity contribution in [1.82, 2.24) is 0 Å². The summed E-state index contributed by atoms with van der Waals surface area (Å²) in [5, 5.41) is 21.0. The van der Waals surface area contributed by atoms with Gasteiger partial charge in [-0.15, -0.1) is 0 Å². The van der Waals surface area contributed by atoms with Gasteiger partial charge in [-0.05, 0) is 32.9 Å². The number of ketones is 1. The fourth-order valence-corrected chi connectivity index (χ4v) is 4.58. The average Bonchev–Trinajstić information content (AvgIpc) is 2.57. The van der Waals surface area contributed by atoms with Crippen LogP contribution < -0.4 is 5.73 Å². The molecule has 31 heavy (non-hydrogen) atoms. The maximum atomic E-state index is 13.3. The van der Waals surface area contributed by atoms with Gasteiger partial charge in [0.1, 0.15) is 23.2 Å². The molecule has 1 aliphatic carbocycles. The van der Waals surface area contributed by atoms with Gasteiger partial charge in [-0.1, -0.05) is 67.5 Å². The Kier molecular flexibility index (Phi) is 5.29. The van der Waals surface area contributed by atoms with Crippen LogP contribution in [0.25, 0.3) is 0 Å². The molecule has 0 radical (unpaired) electrons. The van der Waals surface area contributed by atoms with Crippen molar-refractivity contribution >= 4 is 5.78 Å². The molecule has 5 nitrogen and oxygen atoms in total. The number of aromatic hydroxyl groups is 1. The highest BCUT2D eigenvalue weighted by Gasteiger charge is 2.43. The second-order valence-electron chi connectivity index (χ2n) is 11.7. The third-order valence-corrected chi connectivity index (χ3v) is 6.16. The topological polar surface area (TPSA) is 96.3 Å². The molecule has 1 aliphatic heterocycles. The van der Waals surface area contributed by atoms with E-state index in [1.807, 2.05) is 67.5 Å². The summed E-state index contributed by atoms with van der Waals surface area (Å²) in [5.74, 6) is 0.265. The van der Waals surface area contributed by atoms with Crippen LogP contribution in [0.2, 0.25) is 0 Å². The summed E-state index contributed by atoms with van der Waals surface area (Å²) < 4.78 is 5.81. The Bertz CT molecular complexity index is 1020. The van der Waals surface area contributed by atoms with Gasteiger partial charge in [0.2, 0.25) is 5.88 Å². The molecular weight excluding hydrogens is 388 g/mol. The van der Waals surface area contributed by atoms with Gasteiger partial charge in [0.15, 0.2) is 5.78 Å². The van der Waals surface area contributed by atoms with Crippen LogP contribution in [-0.4, -0.2) is 10.9 Å². The van der Waals surface area contributed by atoms with E-state index >= 15 is 0 Å². The Morgan fingerprint density at radius 3 is 2.06 bits per heavy atom. The number of phenols is 1. The lowest BCUT2D eigenvalue weighted by Gasteiger charge is -2.38. The van der Waals surface area contributed by atoms with Crippen molar-refractivity contribution in [3.05, 3.63) is 51.6 Å². The number of hydrogen-bond donors (Lipinski definition) is 2. The molecule has 0 saturated heterocycles. The van der Waals surface area contributed by atoms with Gasteiger partial charge >= 0.3 is 0 Å². The molecule has 1 aromatic carbocycles. The van der Waals surface area contributed by atoms with Gasteiger partial charge in [0.05, 0.1) is 5.92 Å². The number of Topliss-reactive ketones (excluding diaryl/α,β-unsaturated/α-hetero) is 1. The second-order valence-corrected chi connectivity index (χ2v) is 11.7. The highest BCUT2D eigenvalue weighted by Crippen LogP contribution is 2.50. The monoisotopic (exact) mass is 422 g/mol. The van der Waals surface area contributed by atoms with E-state index in [0.717, 1.165) is 16.7 Å². The van der Waals surface area contributed by atoms with Crippen molar-refractivity contribution in [1.29, 1.82) is 5.26 Å². The van der Waals surface area contributed by atoms with E-state index < -0.39 is 5.92 Å². The Morgan fingerprint density at radius 1 is 1.10 bits per heavy atom. The third kappa shape index (κ3) is 4.08. The molecule has 3 rings (SSSR count). The molecular formula is C26H34N2O3. The minimum atomic E-state index is -0.597. The largest absolute Gasteiger partial charge is 0.507 e. The molecule has 1 aromatic rings. The summed E-state index contributed by atoms with van der Waals surface area (Å²) in [6.45, 7) is 16.3. The Morgan fingerprint density at radius 2 is 1.61 bits per heavy atom. The van der Waals surface area contributed by atoms with E-state index in [1.54, 1.807) is 0 Å². The number of nitrogens with two attached hydrogens (primary N) is 1. The summed E-state index contributed by atoms with van der Waals surface area (Å²) in [6.07, 6.45) is 0.973. The first kappa shape index (κ1) is 22.9. The highest BCUT2D eigenvalue weighted by molar-refractivity contribution is 6.00. The zero-order valence-corrected chi connectivity index (χ0v) is 19.9. The summed E-state index contributed by atoms with van der Waals surface area (Å²) in [4.78, 5) is 13.3. The van der Waals surface area contributed by atoms with Crippen molar-refractivity contribution in [2.45, 2.75) is 85.0 Å². The number of carbonyl (C=O) groups is 1. The minimum absolute atomic E-state index is 0.0146. The van der Waals surface area contributed by atoms with Gasteiger partial charge < -0.3 is 15.6 Å². The fraction of sp³-hybridized carbons (Fsp3) is 0.538. The highest BCUT2D eigenvalue weighted by atomic mass is 16.5. The molecule has 3 N–H and O–H groups in total. The molecule has 0 fully saturated rings. The molecule has 2 aliphatic rings. The molecule has 0 aromatic heterocycles. The van der Waals surface area contributed by atoms with Crippen LogP contribution >= 0.6 is 0 Å². The maximum Gasteiger partial charge on any atom is 0.205 e. The van der Waals surface area contributed by atoms with E-state index in [0.29, 0.717) is 24.2 Å². The van der Waals surface area contributed by atoms with Crippen molar-refractivity contribution in [2.24, 2.45) is 11.1 Å². The third-order valence-electron chi connectivity index (χ3n) is 6.16. The number of nitrogens with zero attached hydrogens (tertiary/aromatic N) is 1. The smallest absolute Gasteiger partial charge is 0.205 e. The Hall–Kier alpha value is -2.74. The second kappa shape index (κ2) is 7.15. The first-order valence-corrected chi connectivity index (χ1v) is 10.8. The van der Waals surface area contributed by atoms with Crippen LogP contribution in [0, 0.1) is 16.7 Å². The first-order chi connectivity index (χ1) is 14.1. The molecule has 0 amide bonds. The number of rotatable bonds is 1. The maximum absolute atomic E-state index is 13.3. The van der Waals surface area contributed by atoms with E-state index in [2.05, 4.69) is 6.07 Å². The van der Waals surface area contributed by atoms with E-state index in [9.17, 15) is 15.2 Å². The van der Waals surface area contributed by atoms with Gasteiger partial charge in [0, 0.05) is 18.4 Å². The fourth-order valence-electron chi connectivity index (χ4n) is 4.58. The van der Waals surface area contributed by atoms with Crippen LogP contribution in [0.3, 0.4) is 0 Å². The van der Waals surface area contributed by atoms with Crippen molar-refractivity contribution < 1.29 is 14.6 Å². The lowest BCUT2D eigenvalue weighted by molar-refractivity contribution is -0.119. The molecule has 0 spiro atoms. The van der Waals surface area contributed by atoms with E-state index in [4.69, 9.17) is 10.5 Å². The van der Waals surface area contributed by atoms with Crippen molar-refractivity contribution in [3.63, 3.8) is 0 Å². The normalized spacial score (nSPS) is 21.5. The minimum Gasteiger partial charge on any atom is -0.507 e. The van der Waals surface area contributed by atoms with Crippen LogP contribution in [0.15, 0.2) is 34.9 Å². The Balaban J connectivity index is 2.35. The zero-order chi connectivity index (χ0) is 23.5. The van der Waals surface area contributed by atoms with Gasteiger partial charge in [-0.3, -0.25) is 4.79 Å². The van der Waals surface area contributed by atoms with Crippen LogP contribution in [0.5, 0.6) is 5.75 Å². The molecule has 166 valence electrons. The van der Waals surface area contributed by atoms with E-state index in [-0.39, 0.29) is 39.2 Å².